The van der Waals surface area contributed by atoms with Crippen LogP contribution < -0.4 is 10.6 Å². The van der Waals surface area contributed by atoms with Crippen molar-refractivity contribution in [3.05, 3.63) is 45.5 Å². The topological polar surface area (TPSA) is 97.2 Å². The Bertz CT molecular complexity index is 684. The number of benzene rings is 1. The monoisotopic (exact) mass is 334 g/mol. The Kier molecular flexibility index (Phi) is 5.78. The number of aromatic nitrogens is 1. The van der Waals surface area contributed by atoms with Crippen molar-refractivity contribution in [2.75, 3.05) is 13.1 Å². The lowest BCUT2D eigenvalue weighted by atomic mass is 10.2. The molecule has 1 heterocycles. The van der Waals surface area contributed by atoms with E-state index in [-0.39, 0.29) is 17.6 Å². The van der Waals surface area contributed by atoms with Crippen molar-refractivity contribution in [1.82, 2.24) is 15.6 Å². The Morgan fingerprint density at radius 3 is 2.70 bits per heavy atom. The minimum atomic E-state index is -0.448. The number of nitrogens with one attached hydrogen (secondary N) is 2. The van der Waals surface area contributed by atoms with Crippen molar-refractivity contribution in [2.45, 2.75) is 19.9 Å². The molecule has 0 radical (unpaired) electrons. The number of carbonyl (C=O) groups is 1. The molecule has 1 amide bonds. The number of carbonyl (C=O) groups excluding carboxylic acids is 1. The number of nitrogens with zero attached hydrogens (tertiary/aromatic N) is 2. The van der Waals surface area contributed by atoms with Gasteiger partial charge in [-0.3, -0.25) is 14.9 Å². The lowest BCUT2D eigenvalue weighted by Crippen LogP contribution is -2.38. The van der Waals surface area contributed by atoms with Crippen LogP contribution in [0.3, 0.4) is 0 Å². The minimum absolute atomic E-state index is 0.0284. The van der Waals surface area contributed by atoms with Gasteiger partial charge in [0.25, 0.3) is 11.6 Å². The zero-order chi connectivity index (χ0) is 16.8. The van der Waals surface area contributed by atoms with E-state index in [0.29, 0.717) is 17.2 Å². The summed E-state index contributed by atoms with van der Waals surface area (Å²) < 4.78 is 0. The van der Waals surface area contributed by atoms with Gasteiger partial charge in [0.2, 0.25) is 0 Å². The summed E-state index contributed by atoms with van der Waals surface area (Å²) in [6, 6.07) is 6.30. The number of thiazole rings is 1. The van der Waals surface area contributed by atoms with Crippen molar-refractivity contribution in [2.24, 2.45) is 0 Å². The molecule has 0 fully saturated rings. The van der Waals surface area contributed by atoms with Gasteiger partial charge in [-0.05, 0) is 25.6 Å². The van der Waals surface area contributed by atoms with Gasteiger partial charge in [-0.25, -0.2) is 4.98 Å². The van der Waals surface area contributed by atoms with Gasteiger partial charge in [0, 0.05) is 35.7 Å². The van der Waals surface area contributed by atoms with E-state index in [9.17, 15) is 14.9 Å². The highest BCUT2D eigenvalue weighted by molar-refractivity contribution is 7.13. The SMILES string of the molecule is CCN[C@H](C)CNC(=O)c1csc(-c2ccc([N+](=O)[O-])cc2)n1. The number of nitro benzene ring substituents is 1. The summed E-state index contributed by atoms with van der Waals surface area (Å²) in [7, 11) is 0. The molecular formula is C15H18N4O3S. The van der Waals surface area contributed by atoms with Crippen LogP contribution in [0.25, 0.3) is 10.6 Å². The molecule has 0 unspecified atom stereocenters. The van der Waals surface area contributed by atoms with E-state index >= 15 is 0 Å². The maximum atomic E-state index is 12.1. The van der Waals surface area contributed by atoms with Crippen molar-refractivity contribution < 1.29 is 9.72 Å². The van der Waals surface area contributed by atoms with Crippen LogP contribution in [0.15, 0.2) is 29.6 Å². The molecule has 122 valence electrons. The Balaban J connectivity index is 2.02. The predicted octanol–water partition coefficient (Wildman–Crippen LogP) is 2.45. The van der Waals surface area contributed by atoms with E-state index in [1.807, 2.05) is 13.8 Å². The molecule has 0 aliphatic carbocycles. The van der Waals surface area contributed by atoms with Gasteiger partial charge in [-0.2, -0.15) is 0 Å². The summed E-state index contributed by atoms with van der Waals surface area (Å²) in [6.45, 7) is 5.37. The third-order valence-corrected chi connectivity index (χ3v) is 4.07. The Morgan fingerprint density at radius 1 is 1.39 bits per heavy atom. The standard InChI is InChI=1S/C15H18N4O3S/c1-3-16-10(2)8-17-14(20)13-9-23-15(18-13)11-4-6-12(7-5-11)19(21)22/h4-7,9-10,16H,3,8H2,1-2H3,(H,17,20)/t10-/m1/s1. The van der Waals surface area contributed by atoms with Gasteiger partial charge in [-0.15, -0.1) is 11.3 Å². The van der Waals surface area contributed by atoms with Crippen molar-refractivity contribution in [1.29, 1.82) is 0 Å². The first-order chi connectivity index (χ1) is 11.0. The van der Waals surface area contributed by atoms with Gasteiger partial charge in [0.1, 0.15) is 10.7 Å². The number of hydrogen-bond donors (Lipinski definition) is 2. The van der Waals surface area contributed by atoms with Crippen LogP contribution in [-0.2, 0) is 0 Å². The molecule has 0 saturated carbocycles. The summed E-state index contributed by atoms with van der Waals surface area (Å²) in [4.78, 5) is 26.6. The second kappa shape index (κ2) is 7.80. The molecule has 1 aromatic heterocycles. The predicted molar refractivity (Wildman–Crippen MR) is 89.7 cm³/mol. The van der Waals surface area contributed by atoms with Gasteiger partial charge in [0.05, 0.1) is 4.92 Å². The van der Waals surface area contributed by atoms with Crippen LogP contribution in [-0.4, -0.2) is 34.9 Å². The maximum Gasteiger partial charge on any atom is 0.270 e. The summed E-state index contributed by atoms with van der Waals surface area (Å²) in [5.74, 6) is -0.223. The number of likely N-dealkylation sites (N-methyl/N-ethyl adjacent to an activating group) is 1. The first-order valence-electron chi connectivity index (χ1n) is 7.23. The highest BCUT2D eigenvalue weighted by Gasteiger charge is 2.13. The van der Waals surface area contributed by atoms with E-state index in [4.69, 9.17) is 0 Å². The van der Waals surface area contributed by atoms with E-state index in [0.717, 1.165) is 12.1 Å². The molecule has 0 aliphatic rings. The van der Waals surface area contributed by atoms with Crippen LogP contribution >= 0.6 is 11.3 Å². The molecule has 2 rings (SSSR count). The van der Waals surface area contributed by atoms with Crippen molar-refractivity contribution in [3.63, 3.8) is 0 Å². The quantitative estimate of drug-likeness (QED) is 0.599. The molecule has 1 aromatic carbocycles. The number of hydrogen-bond acceptors (Lipinski definition) is 6. The molecule has 0 saturated heterocycles. The van der Waals surface area contributed by atoms with E-state index in [2.05, 4.69) is 15.6 Å². The molecule has 2 aromatic rings. The minimum Gasteiger partial charge on any atom is -0.349 e. The second-order valence-electron chi connectivity index (χ2n) is 5.01. The van der Waals surface area contributed by atoms with Crippen LogP contribution in [0.2, 0.25) is 0 Å². The van der Waals surface area contributed by atoms with Gasteiger partial charge >= 0.3 is 0 Å². The fourth-order valence-corrected chi connectivity index (χ4v) is 2.80. The molecule has 0 aliphatic heterocycles. The summed E-state index contributed by atoms with van der Waals surface area (Å²) in [5.41, 5.74) is 1.13. The molecule has 2 N–H and O–H groups in total. The average Bonchev–Trinajstić information content (AvgIpc) is 3.03. The van der Waals surface area contributed by atoms with E-state index in [1.165, 1.54) is 23.5 Å². The Labute approximate surface area is 137 Å². The van der Waals surface area contributed by atoms with Crippen molar-refractivity contribution in [3.8, 4) is 10.6 Å². The normalized spacial score (nSPS) is 11.9. The molecule has 0 spiro atoms. The highest BCUT2D eigenvalue weighted by Crippen LogP contribution is 2.25. The smallest absolute Gasteiger partial charge is 0.270 e. The summed E-state index contributed by atoms with van der Waals surface area (Å²) in [5, 5.41) is 19.0. The second-order valence-corrected chi connectivity index (χ2v) is 5.87. The number of amides is 1. The summed E-state index contributed by atoms with van der Waals surface area (Å²) in [6.07, 6.45) is 0. The molecule has 0 bridgehead atoms. The Morgan fingerprint density at radius 2 is 2.09 bits per heavy atom. The maximum absolute atomic E-state index is 12.1. The molecule has 8 heteroatoms. The highest BCUT2D eigenvalue weighted by atomic mass is 32.1. The van der Waals surface area contributed by atoms with Gasteiger partial charge in [0.15, 0.2) is 0 Å². The van der Waals surface area contributed by atoms with Crippen LogP contribution in [0, 0.1) is 10.1 Å². The van der Waals surface area contributed by atoms with E-state index < -0.39 is 4.92 Å². The number of non-ortho nitro benzene ring substituents is 1. The fraction of sp³-hybridized carbons (Fsp3) is 0.333. The first kappa shape index (κ1) is 17.0. The molecule has 7 nitrogen and oxygen atoms in total. The average molecular weight is 334 g/mol. The van der Waals surface area contributed by atoms with E-state index in [1.54, 1.807) is 17.5 Å². The third kappa shape index (κ3) is 4.57. The summed E-state index contributed by atoms with van der Waals surface area (Å²) >= 11 is 1.33. The lowest BCUT2D eigenvalue weighted by Gasteiger charge is -2.12. The Hall–Kier alpha value is -2.32. The lowest BCUT2D eigenvalue weighted by molar-refractivity contribution is -0.384. The van der Waals surface area contributed by atoms with Gasteiger partial charge in [-0.1, -0.05) is 6.92 Å². The third-order valence-electron chi connectivity index (χ3n) is 3.18. The zero-order valence-corrected chi connectivity index (χ0v) is 13.7. The van der Waals surface area contributed by atoms with Crippen LogP contribution in [0.4, 0.5) is 5.69 Å². The largest absolute Gasteiger partial charge is 0.349 e. The number of rotatable bonds is 7. The number of nitro groups is 1. The molecule has 23 heavy (non-hydrogen) atoms. The first-order valence-corrected chi connectivity index (χ1v) is 8.11. The molecule has 1 atom stereocenters. The zero-order valence-electron chi connectivity index (χ0n) is 12.9. The van der Waals surface area contributed by atoms with Crippen LogP contribution in [0.5, 0.6) is 0 Å². The van der Waals surface area contributed by atoms with Gasteiger partial charge < -0.3 is 10.6 Å². The fourth-order valence-electron chi connectivity index (χ4n) is 1.99. The van der Waals surface area contributed by atoms with Crippen LogP contribution in [0.1, 0.15) is 24.3 Å². The van der Waals surface area contributed by atoms with Crippen molar-refractivity contribution >= 4 is 22.9 Å². The molecular weight excluding hydrogens is 316 g/mol.